The molecular weight excluding hydrogens is 213 g/mol. The lowest BCUT2D eigenvalue weighted by atomic mass is 10.3. The van der Waals surface area contributed by atoms with Gasteiger partial charge in [0.25, 0.3) is 0 Å². The molecule has 0 aliphatic heterocycles. The fourth-order valence-electron chi connectivity index (χ4n) is 1.33. The summed E-state index contributed by atoms with van der Waals surface area (Å²) in [5, 5.41) is 0. The highest BCUT2D eigenvalue weighted by molar-refractivity contribution is 7.17. The summed E-state index contributed by atoms with van der Waals surface area (Å²) in [5.74, 6) is 0. The summed E-state index contributed by atoms with van der Waals surface area (Å²) in [4.78, 5) is 4.90. The number of aromatic nitrogens is 2. The number of aryl methyl sites for hydroxylation is 2. The van der Waals surface area contributed by atoms with Crippen LogP contribution in [0.2, 0.25) is 0 Å². The third-order valence-electron chi connectivity index (χ3n) is 1.95. The second-order valence-electron chi connectivity index (χ2n) is 3.04. The van der Waals surface area contributed by atoms with Gasteiger partial charge in [0, 0.05) is 11.1 Å². The molecule has 0 fully saturated rings. The second kappa shape index (κ2) is 2.73. The molecular formula is C8H7F3N2S. The Morgan fingerprint density at radius 1 is 1.36 bits per heavy atom. The first-order valence-corrected chi connectivity index (χ1v) is 4.73. The van der Waals surface area contributed by atoms with Crippen molar-refractivity contribution in [3.63, 3.8) is 0 Å². The van der Waals surface area contributed by atoms with Crippen LogP contribution in [0.4, 0.5) is 13.2 Å². The molecule has 6 heteroatoms. The SMILES string of the molecule is Cc1cn2c(C)c(C(F)(F)F)nc2s1. The number of imidazole rings is 1. The highest BCUT2D eigenvalue weighted by Crippen LogP contribution is 2.33. The van der Waals surface area contributed by atoms with Crippen molar-refractivity contribution in [1.82, 2.24) is 9.38 Å². The van der Waals surface area contributed by atoms with E-state index in [1.807, 2.05) is 6.92 Å². The monoisotopic (exact) mass is 220 g/mol. The average molecular weight is 220 g/mol. The number of thiazole rings is 1. The van der Waals surface area contributed by atoms with Crippen molar-refractivity contribution in [2.75, 3.05) is 0 Å². The van der Waals surface area contributed by atoms with Crippen molar-refractivity contribution in [2.45, 2.75) is 20.0 Å². The quantitative estimate of drug-likeness (QED) is 0.667. The molecule has 2 aromatic rings. The highest BCUT2D eigenvalue weighted by atomic mass is 32.1. The van der Waals surface area contributed by atoms with Crippen LogP contribution >= 0.6 is 11.3 Å². The van der Waals surface area contributed by atoms with E-state index in [1.54, 1.807) is 6.20 Å². The average Bonchev–Trinajstić information content (AvgIpc) is 2.49. The van der Waals surface area contributed by atoms with Crippen LogP contribution in [0, 0.1) is 13.8 Å². The van der Waals surface area contributed by atoms with Gasteiger partial charge < -0.3 is 0 Å². The number of hydrogen-bond donors (Lipinski definition) is 0. The molecule has 0 radical (unpaired) electrons. The van der Waals surface area contributed by atoms with Crippen molar-refractivity contribution >= 4 is 16.3 Å². The zero-order chi connectivity index (χ0) is 10.5. The zero-order valence-electron chi connectivity index (χ0n) is 7.51. The minimum atomic E-state index is -4.36. The largest absolute Gasteiger partial charge is 0.435 e. The van der Waals surface area contributed by atoms with Gasteiger partial charge in [0.15, 0.2) is 10.7 Å². The van der Waals surface area contributed by atoms with Crippen molar-refractivity contribution < 1.29 is 13.2 Å². The Morgan fingerprint density at radius 2 is 2.00 bits per heavy atom. The molecule has 0 aliphatic carbocycles. The minimum absolute atomic E-state index is 0.150. The number of alkyl halides is 3. The maximum Gasteiger partial charge on any atom is 0.435 e. The Kier molecular flexibility index (Phi) is 1.85. The van der Waals surface area contributed by atoms with Gasteiger partial charge in [-0.05, 0) is 13.8 Å². The molecule has 0 N–H and O–H groups in total. The molecule has 2 nitrogen and oxygen atoms in total. The lowest BCUT2D eigenvalue weighted by Crippen LogP contribution is -2.07. The number of nitrogens with zero attached hydrogens (tertiary/aromatic N) is 2. The van der Waals surface area contributed by atoms with Gasteiger partial charge in [0.1, 0.15) is 0 Å². The van der Waals surface area contributed by atoms with Crippen molar-refractivity contribution in [2.24, 2.45) is 0 Å². The summed E-state index contributed by atoms with van der Waals surface area (Å²) >= 11 is 1.26. The Bertz CT molecular complexity index is 480. The van der Waals surface area contributed by atoms with E-state index >= 15 is 0 Å². The number of rotatable bonds is 0. The van der Waals surface area contributed by atoms with Gasteiger partial charge in [0.2, 0.25) is 0 Å². The molecule has 0 saturated carbocycles. The number of halogens is 3. The molecule has 2 heterocycles. The van der Waals surface area contributed by atoms with Crippen LogP contribution in [0.3, 0.4) is 0 Å². The number of hydrogen-bond acceptors (Lipinski definition) is 2. The molecule has 14 heavy (non-hydrogen) atoms. The van der Waals surface area contributed by atoms with Gasteiger partial charge in [-0.1, -0.05) is 0 Å². The Balaban J connectivity index is 2.70. The van der Waals surface area contributed by atoms with E-state index in [9.17, 15) is 13.2 Å². The predicted octanol–water partition coefficient (Wildman–Crippen LogP) is 3.03. The fourth-order valence-corrected chi connectivity index (χ4v) is 2.20. The summed E-state index contributed by atoms with van der Waals surface area (Å²) < 4.78 is 38.7. The zero-order valence-corrected chi connectivity index (χ0v) is 8.33. The Morgan fingerprint density at radius 3 is 2.50 bits per heavy atom. The van der Waals surface area contributed by atoms with Gasteiger partial charge >= 0.3 is 6.18 Å². The molecule has 2 aromatic heterocycles. The smallest absolute Gasteiger partial charge is 0.294 e. The topological polar surface area (TPSA) is 17.3 Å². The van der Waals surface area contributed by atoms with E-state index in [0.29, 0.717) is 4.96 Å². The molecule has 0 unspecified atom stereocenters. The fraction of sp³-hybridized carbons (Fsp3) is 0.375. The molecule has 0 atom stereocenters. The van der Waals surface area contributed by atoms with Crippen LogP contribution in [0.1, 0.15) is 16.3 Å². The summed E-state index contributed by atoms with van der Waals surface area (Å²) in [6.45, 7) is 3.26. The van der Waals surface area contributed by atoms with Gasteiger partial charge in [0.05, 0.1) is 5.69 Å². The summed E-state index contributed by atoms with van der Waals surface area (Å²) in [7, 11) is 0. The predicted molar refractivity (Wildman–Crippen MR) is 47.5 cm³/mol. The van der Waals surface area contributed by atoms with Gasteiger partial charge in [-0.15, -0.1) is 11.3 Å². The van der Waals surface area contributed by atoms with Crippen LogP contribution in [-0.2, 0) is 6.18 Å². The first-order chi connectivity index (χ1) is 6.39. The molecule has 2 rings (SSSR count). The summed E-state index contributed by atoms with van der Waals surface area (Å²) in [5.41, 5.74) is -0.638. The first kappa shape index (κ1) is 9.51. The Labute approximate surface area is 82.0 Å². The van der Waals surface area contributed by atoms with Crippen LogP contribution in [0.25, 0.3) is 4.96 Å². The lowest BCUT2D eigenvalue weighted by molar-refractivity contribution is -0.141. The standard InChI is InChI=1S/C8H7F3N2S/c1-4-3-13-5(2)6(8(9,10)11)12-7(13)14-4/h3H,1-2H3. The third kappa shape index (κ3) is 1.30. The van der Waals surface area contributed by atoms with Crippen LogP contribution in [0.5, 0.6) is 0 Å². The van der Waals surface area contributed by atoms with E-state index < -0.39 is 11.9 Å². The lowest BCUT2D eigenvalue weighted by Gasteiger charge is -2.02. The van der Waals surface area contributed by atoms with E-state index in [2.05, 4.69) is 4.98 Å². The molecule has 0 bridgehead atoms. The van der Waals surface area contributed by atoms with Gasteiger partial charge in [-0.3, -0.25) is 4.40 Å². The van der Waals surface area contributed by atoms with Crippen molar-refractivity contribution in [1.29, 1.82) is 0 Å². The first-order valence-electron chi connectivity index (χ1n) is 3.92. The van der Waals surface area contributed by atoms with Crippen molar-refractivity contribution in [3.05, 3.63) is 22.5 Å². The molecule has 0 aromatic carbocycles. The van der Waals surface area contributed by atoms with Crippen LogP contribution in [-0.4, -0.2) is 9.38 Å². The maximum atomic E-state index is 12.4. The molecule has 0 saturated heterocycles. The maximum absolute atomic E-state index is 12.4. The summed E-state index contributed by atoms with van der Waals surface area (Å²) in [6.07, 6.45) is -2.69. The number of fused-ring (bicyclic) bond motifs is 1. The molecule has 0 amide bonds. The van der Waals surface area contributed by atoms with Gasteiger partial charge in [-0.25, -0.2) is 4.98 Å². The molecule has 0 spiro atoms. The van der Waals surface area contributed by atoms with Crippen LogP contribution < -0.4 is 0 Å². The van der Waals surface area contributed by atoms with E-state index in [1.165, 1.54) is 22.7 Å². The molecule has 76 valence electrons. The van der Waals surface area contributed by atoms with Gasteiger partial charge in [-0.2, -0.15) is 13.2 Å². The Hall–Kier alpha value is -1.04. The van der Waals surface area contributed by atoms with E-state index in [4.69, 9.17) is 0 Å². The van der Waals surface area contributed by atoms with E-state index in [0.717, 1.165) is 4.88 Å². The summed E-state index contributed by atoms with van der Waals surface area (Å²) in [6, 6.07) is 0. The second-order valence-corrected chi connectivity index (χ2v) is 4.25. The normalized spacial score (nSPS) is 12.6. The highest BCUT2D eigenvalue weighted by Gasteiger charge is 2.36. The van der Waals surface area contributed by atoms with Crippen molar-refractivity contribution in [3.8, 4) is 0 Å². The molecule has 0 aliphatic rings. The minimum Gasteiger partial charge on any atom is -0.294 e. The van der Waals surface area contributed by atoms with E-state index in [-0.39, 0.29) is 5.69 Å². The van der Waals surface area contributed by atoms with Crippen LogP contribution in [0.15, 0.2) is 6.20 Å². The third-order valence-corrected chi connectivity index (χ3v) is 2.85.